The lowest BCUT2D eigenvalue weighted by atomic mass is 9.98. The van der Waals surface area contributed by atoms with Gasteiger partial charge < -0.3 is 9.64 Å². The van der Waals surface area contributed by atoms with Gasteiger partial charge in [-0.2, -0.15) is 0 Å². The van der Waals surface area contributed by atoms with Crippen molar-refractivity contribution >= 4 is 21.6 Å². The minimum atomic E-state index is -3.72. The van der Waals surface area contributed by atoms with Gasteiger partial charge in [-0.3, -0.25) is 9.52 Å². The van der Waals surface area contributed by atoms with E-state index in [1.165, 1.54) is 17.7 Å². The van der Waals surface area contributed by atoms with Crippen LogP contribution in [0.4, 0.5) is 5.69 Å². The molecular weight excluding hydrogens is 400 g/mol. The fourth-order valence-electron chi connectivity index (χ4n) is 3.55. The van der Waals surface area contributed by atoms with E-state index in [4.69, 9.17) is 4.74 Å². The Kier molecular flexibility index (Phi) is 5.46. The van der Waals surface area contributed by atoms with Crippen molar-refractivity contribution in [3.8, 4) is 5.75 Å². The molecule has 0 aromatic heterocycles. The standard InChI is InChI=1S/C23H22N2O4S/c1-29-21-11-10-17-12-13-25(16-19(17)15-21)23(26)18-6-5-7-20(14-18)24-30(27,28)22-8-3-2-4-9-22/h2-11,14-15,24H,12-13,16H2,1H3. The quantitative estimate of drug-likeness (QED) is 0.680. The van der Waals surface area contributed by atoms with E-state index in [0.29, 0.717) is 24.3 Å². The first-order valence-electron chi connectivity index (χ1n) is 9.59. The van der Waals surface area contributed by atoms with Crippen LogP contribution >= 0.6 is 0 Å². The van der Waals surface area contributed by atoms with Crippen LogP contribution in [0.1, 0.15) is 21.5 Å². The van der Waals surface area contributed by atoms with Crippen molar-refractivity contribution < 1.29 is 17.9 Å². The number of amides is 1. The van der Waals surface area contributed by atoms with Crippen LogP contribution in [0, 0.1) is 0 Å². The number of carbonyl (C=O) groups is 1. The topological polar surface area (TPSA) is 75.7 Å². The molecule has 0 spiro atoms. The SMILES string of the molecule is COc1ccc2c(c1)CN(C(=O)c1cccc(NS(=O)(=O)c3ccccc3)c1)CC2. The Morgan fingerprint density at radius 3 is 2.53 bits per heavy atom. The lowest BCUT2D eigenvalue weighted by molar-refractivity contribution is 0.0734. The molecule has 1 heterocycles. The van der Waals surface area contributed by atoms with Gasteiger partial charge in [0.25, 0.3) is 15.9 Å². The Morgan fingerprint density at radius 1 is 0.967 bits per heavy atom. The van der Waals surface area contributed by atoms with Crippen LogP contribution in [0.25, 0.3) is 0 Å². The number of ether oxygens (including phenoxy) is 1. The summed E-state index contributed by atoms with van der Waals surface area (Å²) in [4.78, 5) is 15.0. The van der Waals surface area contributed by atoms with Gasteiger partial charge in [-0.05, 0) is 60.0 Å². The third kappa shape index (κ3) is 4.16. The zero-order valence-electron chi connectivity index (χ0n) is 16.5. The number of nitrogens with one attached hydrogen (secondary N) is 1. The van der Waals surface area contributed by atoms with Gasteiger partial charge in [0, 0.05) is 24.3 Å². The zero-order valence-corrected chi connectivity index (χ0v) is 17.4. The molecule has 154 valence electrons. The number of fused-ring (bicyclic) bond motifs is 1. The van der Waals surface area contributed by atoms with Crippen LogP contribution in [0.2, 0.25) is 0 Å². The molecule has 30 heavy (non-hydrogen) atoms. The molecule has 3 aromatic rings. The number of nitrogens with zero attached hydrogens (tertiary/aromatic N) is 1. The van der Waals surface area contributed by atoms with Crippen molar-refractivity contribution in [1.29, 1.82) is 0 Å². The highest BCUT2D eigenvalue weighted by atomic mass is 32.2. The lowest BCUT2D eigenvalue weighted by Crippen LogP contribution is -2.36. The van der Waals surface area contributed by atoms with Crippen molar-refractivity contribution in [3.05, 3.63) is 89.5 Å². The molecule has 1 amide bonds. The molecule has 0 saturated carbocycles. The Labute approximate surface area is 176 Å². The van der Waals surface area contributed by atoms with Crippen LogP contribution < -0.4 is 9.46 Å². The summed E-state index contributed by atoms with van der Waals surface area (Å²) in [6.45, 7) is 1.10. The fourth-order valence-corrected chi connectivity index (χ4v) is 4.62. The summed E-state index contributed by atoms with van der Waals surface area (Å²) in [7, 11) is -2.10. The summed E-state index contributed by atoms with van der Waals surface area (Å²) in [5.41, 5.74) is 3.07. The van der Waals surface area contributed by atoms with E-state index in [0.717, 1.165) is 17.7 Å². The molecule has 1 aliphatic rings. The molecular formula is C23H22N2O4S. The molecule has 0 bridgehead atoms. The number of methoxy groups -OCH3 is 1. The van der Waals surface area contributed by atoms with E-state index in [-0.39, 0.29) is 10.8 Å². The molecule has 4 rings (SSSR count). The van der Waals surface area contributed by atoms with Gasteiger partial charge in [-0.25, -0.2) is 8.42 Å². The normalized spacial score (nSPS) is 13.4. The Bertz CT molecular complexity index is 1180. The van der Waals surface area contributed by atoms with Gasteiger partial charge in [0.1, 0.15) is 5.75 Å². The molecule has 0 atom stereocenters. The molecule has 0 aliphatic carbocycles. The summed E-state index contributed by atoms with van der Waals surface area (Å²) in [5.74, 6) is 0.629. The largest absolute Gasteiger partial charge is 0.497 e. The van der Waals surface area contributed by atoms with Crippen molar-refractivity contribution in [2.75, 3.05) is 18.4 Å². The summed E-state index contributed by atoms with van der Waals surface area (Å²) < 4.78 is 33.0. The van der Waals surface area contributed by atoms with Gasteiger partial charge in [0.2, 0.25) is 0 Å². The Balaban J connectivity index is 1.53. The predicted molar refractivity (Wildman–Crippen MR) is 115 cm³/mol. The highest BCUT2D eigenvalue weighted by Crippen LogP contribution is 2.25. The number of anilines is 1. The first kappa shape index (κ1) is 20.0. The van der Waals surface area contributed by atoms with Crippen LogP contribution in [0.15, 0.2) is 77.7 Å². The Morgan fingerprint density at radius 2 is 1.77 bits per heavy atom. The summed E-state index contributed by atoms with van der Waals surface area (Å²) in [5, 5.41) is 0. The maximum Gasteiger partial charge on any atom is 0.261 e. The fraction of sp³-hybridized carbons (Fsp3) is 0.174. The van der Waals surface area contributed by atoms with Gasteiger partial charge >= 0.3 is 0 Å². The highest BCUT2D eigenvalue weighted by molar-refractivity contribution is 7.92. The van der Waals surface area contributed by atoms with Gasteiger partial charge in [-0.15, -0.1) is 0 Å². The first-order chi connectivity index (χ1) is 14.5. The molecule has 7 heteroatoms. The minimum absolute atomic E-state index is 0.135. The van der Waals surface area contributed by atoms with Crippen LogP contribution in [0.3, 0.4) is 0 Å². The number of hydrogen-bond donors (Lipinski definition) is 1. The molecule has 0 fully saturated rings. The molecule has 3 aromatic carbocycles. The summed E-state index contributed by atoms with van der Waals surface area (Å²) in [6.07, 6.45) is 0.769. The molecule has 6 nitrogen and oxygen atoms in total. The van der Waals surface area contributed by atoms with E-state index < -0.39 is 10.0 Å². The third-order valence-corrected chi connectivity index (χ3v) is 6.53. The summed E-state index contributed by atoms with van der Waals surface area (Å²) >= 11 is 0. The number of rotatable bonds is 5. The number of benzene rings is 3. The van der Waals surface area contributed by atoms with Crippen molar-refractivity contribution in [1.82, 2.24) is 4.90 Å². The highest BCUT2D eigenvalue weighted by Gasteiger charge is 2.23. The van der Waals surface area contributed by atoms with Gasteiger partial charge in [-0.1, -0.05) is 30.3 Å². The first-order valence-corrected chi connectivity index (χ1v) is 11.1. The second kappa shape index (κ2) is 8.20. The van der Waals surface area contributed by atoms with E-state index in [1.807, 2.05) is 18.2 Å². The average molecular weight is 423 g/mol. The molecule has 1 N–H and O–H groups in total. The van der Waals surface area contributed by atoms with E-state index in [2.05, 4.69) is 4.72 Å². The molecule has 1 aliphatic heterocycles. The van der Waals surface area contributed by atoms with Crippen LogP contribution in [-0.4, -0.2) is 32.9 Å². The van der Waals surface area contributed by atoms with Crippen LogP contribution in [-0.2, 0) is 23.0 Å². The molecule has 0 saturated heterocycles. The molecule has 0 radical (unpaired) electrons. The van der Waals surface area contributed by atoms with E-state index >= 15 is 0 Å². The van der Waals surface area contributed by atoms with Crippen LogP contribution in [0.5, 0.6) is 5.75 Å². The van der Waals surface area contributed by atoms with Crippen molar-refractivity contribution in [3.63, 3.8) is 0 Å². The predicted octanol–water partition coefficient (Wildman–Crippen LogP) is 3.69. The maximum absolute atomic E-state index is 13.1. The second-order valence-electron chi connectivity index (χ2n) is 7.11. The monoisotopic (exact) mass is 422 g/mol. The van der Waals surface area contributed by atoms with E-state index in [1.54, 1.807) is 54.5 Å². The van der Waals surface area contributed by atoms with Gasteiger partial charge in [0.15, 0.2) is 0 Å². The Hall–Kier alpha value is -3.32. The number of hydrogen-bond acceptors (Lipinski definition) is 4. The number of sulfonamides is 1. The third-order valence-electron chi connectivity index (χ3n) is 5.13. The van der Waals surface area contributed by atoms with Crippen molar-refractivity contribution in [2.45, 2.75) is 17.9 Å². The van der Waals surface area contributed by atoms with E-state index in [9.17, 15) is 13.2 Å². The summed E-state index contributed by atoms with van der Waals surface area (Å²) in [6, 6.07) is 20.6. The second-order valence-corrected chi connectivity index (χ2v) is 8.79. The molecule has 0 unspecified atom stereocenters. The smallest absolute Gasteiger partial charge is 0.261 e. The lowest BCUT2D eigenvalue weighted by Gasteiger charge is -2.29. The maximum atomic E-state index is 13.1. The zero-order chi connectivity index (χ0) is 21.1. The van der Waals surface area contributed by atoms with Crippen molar-refractivity contribution in [2.24, 2.45) is 0 Å². The minimum Gasteiger partial charge on any atom is -0.497 e. The average Bonchev–Trinajstić information content (AvgIpc) is 2.78. The number of carbonyl (C=O) groups excluding carboxylic acids is 1. The van der Waals surface area contributed by atoms with Gasteiger partial charge in [0.05, 0.1) is 12.0 Å².